The van der Waals surface area contributed by atoms with Crippen LogP contribution in [0.2, 0.25) is 0 Å². The Morgan fingerprint density at radius 1 is 0.800 bits per heavy atom. The maximum absolute atomic E-state index is 11.1. The molecule has 1 aliphatic carbocycles. The topological polar surface area (TPSA) is 261 Å². The first-order valence-electron chi connectivity index (χ1n) is 13.3. The number of hydrogen-bond donors (Lipinski definition) is 9. The molecule has 13 N–H and O–H groups in total. The number of ether oxygens (including phenoxy) is 6. The number of aliphatic hydroxyl groups is 5. The molecule has 1 aromatic carbocycles. The molecule has 2 saturated heterocycles. The second-order valence-corrected chi connectivity index (χ2v) is 10.4. The number of hydrogen-bond acceptors (Lipinski definition) is 15. The molecule has 2 heterocycles. The molecule has 40 heavy (non-hydrogen) atoms. The Hall–Kier alpha value is -1.54. The molecular weight excluding hydrogens is 532 g/mol. The summed E-state index contributed by atoms with van der Waals surface area (Å²) >= 11 is 0. The van der Waals surface area contributed by atoms with E-state index in [2.05, 4.69) is 0 Å². The highest BCUT2D eigenvalue weighted by Crippen LogP contribution is 2.33. The highest BCUT2D eigenvalue weighted by Gasteiger charge is 2.53. The number of rotatable bonds is 10. The minimum atomic E-state index is -1.49. The summed E-state index contributed by atoms with van der Waals surface area (Å²) < 4.78 is 34.4. The predicted molar refractivity (Wildman–Crippen MR) is 137 cm³/mol. The average Bonchev–Trinajstić information content (AvgIpc) is 3.25. The molecule has 2 aliphatic heterocycles. The Balaban J connectivity index is 1.45. The molecule has 0 aromatic heterocycles. The third-order valence-corrected chi connectivity index (χ3v) is 7.70. The van der Waals surface area contributed by atoms with Crippen molar-refractivity contribution in [2.24, 2.45) is 22.9 Å². The molecule has 15 nitrogen and oxygen atoms in total. The van der Waals surface area contributed by atoms with Crippen LogP contribution in [0, 0.1) is 0 Å². The van der Waals surface area contributed by atoms with E-state index < -0.39 is 92.2 Å². The third-order valence-electron chi connectivity index (χ3n) is 7.70. The quantitative estimate of drug-likeness (QED) is 0.128. The lowest BCUT2D eigenvalue weighted by molar-refractivity contribution is -0.280. The third kappa shape index (κ3) is 6.58. The van der Waals surface area contributed by atoms with E-state index in [0.717, 1.165) is 5.56 Å². The van der Waals surface area contributed by atoms with Crippen LogP contribution in [0.1, 0.15) is 12.0 Å². The molecule has 4 rings (SSSR count). The van der Waals surface area contributed by atoms with Crippen molar-refractivity contribution in [2.45, 2.75) is 98.7 Å². The van der Waals surface area contributed by atoms with Crippen molar-refractivity contribution in [1.29, 1.82) is 0 Å². The van der Waals surface area contributed by atoms with Gasteiger partial charge in [-0.25, -0.2) is 0 Å². The van der Waals surface area contributed by atoms with Gasteiger partial charge in [0.2, 0.25) is 0 Å². The summed E-state index contributed by atoms with van der Waals surface area (Å²) in [5, 5.41) is 52.3. The standard InChI is InChI=1S/C25H42N4O11/c1-35-11-4-2-10(3-5-11)9-36-21-13(28)6-12(27)17(31)23(21)40-25-20(34)22(15(8-30)38-25)39-24-16(29)19(33)18(32)14(7-26)37-24/h2-5,12-25,30-34H,6-9,26-29H2,1H3/t12-,13+,14-,15-,16+,17+,18+,19+,20-,21-,22-,23-,24+,25+/m1/s1. The maximum atomic E-state index is 11.1. The highest BCUT2D eigenvalue weighted by atomic mass is 16.8. The Bertz CT molecular complexity index is 931. The SMILES string of the molecule is COc1ccc(CO[C@H]2[C@H](O[C@@H]3O[C@H](CO)[C@@H](O[C@@H]4O[C@H](CN)[C@H](O)[C@@H](O)[C@@H]4N)[C@H]3O)[C@@H](O)[C@H](N)C[C@@H]2N)cc1. The van der Waals surface area contributed by atoms with Crippen LogP contribution in [0.25, 0.3) is 0 Å². The van der Waals surface area contributed by atoms with Crippen molar-refractivity contribution >= 4 is 0 Å². The number of nitrogens with two attached hydrogens (primary N) is 4. The molecule has 0 radical (unpaired) electrons. The number of benzene rings is 1. The second kappa shape index (κ2) is 13.6. The van der Waals surface area contributed by atoms with Gasteiger partial charge in [0.15, 0.2) is 12.6 Å². The fraction of sp³-hybridized carbons (Fsp3) is 0.760. The van der Waals surface area contributed by atoms with Gasteiger partial charge < -0.3 is 76.9 Å². The smallest absolute Gasteiger partial charge is 0.187 e. The van der Waals surface area contributed by atoms with Crippen molar-refractivity contribution in [1.82, 2.24) is 0 Å². The monoisotopic (exact) mass is 574 g/mol. The van der Waals surface area contributed by atoms with E-state index >= 15 is 0 Å². The normalized spacial score (nSPS) is 44.0. The lowest BCUT2D eigenvalue weighted by Gasteiger charge is -2.43. The van der Waals surface area contributed by atoms with Gasteiger partial charge in [0.05, 0.1) is 32.5 Å². The zero-order chi connectivity index (χ0) is 29.1. The van der Waals surface area contributed by atoms with Crippen LogP contribution in [0.3, 0.4) is 0 Å². The molecule has 3 aliphatic rings. The number of methoxy groups -OCH3 is 1. The summed E-state index contributed by atoms with van der Waals surface area (Å²) in [5.74, 6) is 0.687. The second-order valence-electron chi connectivity index (χ2n) is 10.4. The van der Waals surface area contributed by atoms with E-state index in [1.807, 2.05) is 12.1 Å². The van der Waals surface area contributed by atoms with Crippen molar-refractivity contribution in [3.05, 3.63) is 29.8 Å². The predicted octanol–water partition coefficient (Wildman–Crippen LogP) is -4.42. The van der Waals surface area contributed by atoms with E-state index in [0.29, 0.717) is 5.75 Å². The van der Waals surface area contributed by atoms with Crippen molar-refractivity contribution in [3.63, 3.8) is 0 Å². The summed E-state index contributed by atoms with van der Waals surface area (Å²) in [7, 11) is 1.57. The first-order chi connectivity index (χ1) is 19.1. The minimum absolute atomic E-state index is 0.123. The van der Waals surface area contributed by atoms with Crippen LogP contribution in [-0.2, 0) is 30.3 Å². The van der Waals surface area contributed by atoms with Crippen LogP contribution in [0.15, 0.2) is 24.3 Å². The van der Waals surface area contributed by atoms with Gasteiger partial charge >= 0.3 is 0 Å². The summed E-state index contributed by atoms with van der Waals surface area (Å²) in [6.45, 7) is -0.545. The van der Waals surface area contributed by atoms with E-state index in [1.165, 1.54) is 0 Å². The summed E-state index contributed by atoms with van der Waals surface area (Å²) in [4.78, 5) is 0. The zero-order valence-electron chi connectivity index (χ0n) is 22.2. The molecule has 1 aromatic rings. The van der Waals surface area contributed by atoms with E-state index in [1.54, 1.807) is 19.2 Å². The zero-order valence-corrected chi connectivity index (χ0v) is 22.2. The number of aliphatic hydroxyl groups excluding tert-OH is 5. The van der Waals surface area contributed by atoms with Crippen molar-refractivity contribution in [2.75, 3.05) is 20.3 Å². The van der Waals surface area contributed by atoms with Gasteiger partial charge in [-0.15, -0.1) is 0 Å². The summed E-state index contributed by atoms with van der Waals surface area (Å²) in [6, 6.07) is 4.71. The van der Waals surface area contributed by atoms with Gasteiger partial charge in [0.1, 0.15) is 54.6 Å². The summed E-state index contributed by atoms with van der Waals surface area (Å²) in [5.41, 5.74) is 24.9. The molecular formula is C25H42N4O11. The lowest BCUT2D eigenvalue weighted by Crippen LogP contribution is -2.64. The first-order valence-corrected chi connectivity index (χ1v) is 13.3. The summed E-state index contributed by atoms with van der Waals surface area (Å²) in [6.07, 6.45) is -13.0. The average molecular weight is 575 g/mol. The molecule has 0 amide bonds. The van der Waals surface area contributed by atoms with Crippen LogP contribution in [-0.4, -0.2) is 131 Å². The minimum Gasteiger partial charge on any atom is -0.497 e. The fourth-order valence-electron chi connectivity index (χ4n) is 5.27. The molecule has 15 heteroatoms. The molecule has 0 bridgehead atoms. The molecule has 3 fully saturated rings. The van der Waals surface area contributed by atoms with Crippen LogP contribution >= 0.6 is 0 Å². The van der Waals surface area contributed by atoms with Crippen LogP contribution < -0.4 is 27.7 Å². The van der Waals surface area contributed by atoms with E-state index in [-0.39, 0.29) is 19.6 Å². The van der Waals surface area contributed by atoms with Crippen molar-refractivity contribution < 1.29 is 54.0 Å². The Kier molecular flexibility index (Phi) is 10.7. The molecule has 1 saturated carbocycles. The lowest BCUT2D eigenvalue weighted by atomic mass is 9.84. The van der Waals surface area contributed by atoms with Crippen LogP contribution in [0.4, 0.5) is 0 Å². The maximum Gasteiger partial charge on any atom is 0.187 e. The first kappa shape index (κ1) is 31.4. The highest BCUT2D eigenvalue weighted by molar-refractivity contribution is 5.26. The van der Waals surface area contributed by atoms with Gasteiger partial charge in [0, 0.05) is 18.6 Å². The van der Waals surface area contributed by atoms with Crippen molar-refractivity contribution in [3.8, 4) is 5.75 Å². The van der Waals surface area contributed by atoms with E-state index in [9.17, 15) is 25.5 Å². The molecule has 0 unspecified atom stereocenters. The molecule has 0 spiro atoms. The Morgan fingerprint density at radius 2 is 1.45 bits per heavy atom. The molecule has 14 atom stereocenters. The van der Waals surface area contributed by atoms with Gasteiger partial charge in [-0.1, -0.05) is 12.1 Å². The Labute approximate surface area is 231 Å². The van der Waals surface area contributed by atoms with Crippen LogP contribution in [0.5, 0.6) is 5.75 Å². The van der Waals surface area contributed by atoms with Gasteiger partial charge in [-0.2, -0.15) is 0 Å². The largest absolute Gasteiger partial charge is 0.497 e. The van der Waals surface area contributed by atoms with Gasteiger partial charge in [-0.3, -0.25) is 0 Å². The van der Waals surface area contributed by atoms with Gasteiger partial charge in [0.25, 0.3) is 0 Å². The molecule has 228 valence electrons. The van der Waals surface area contributed by atoms with E-state index in [4.69, 9.17) is 51.4 Å². The van der Waals surface area contributed by atoms with Gasteiger partial charge in [-0.05, 0) is 24.1 Å². The fourth-order valence-corrected chi connectivity index (χ4v) is 5.27. The Morgan fingerprint density at radius 3 is 2.08 bits per heavy atom.